The van der Waals surface area contributed by atoms with E-state index in [4.69, 9.17) is 21.1 Å². The number of nitrogens with zero attached hydrogens (tertiary/aromatic N) is 4. The largest absolute Gasteiger partial charge is 0.479 e. The Bertz CT molecular complexity index is 580. The summed E-state index contributed by atoms with van der Waals surface area (Å²) in [6.45, 7) is 2.42. The van der Waals surface area contributed by atoms with Crippen LogP contribution in [0.15, 0.2) is 6.33 Å². The van der Waals surface area contributed by atoms with Gasteiger partial charge in [-0.2, -0.15) is 4.98 Å². The summed E-state index contributed by atoms with van der Waals surface area (Å²) in [4.78, 5) is 12.9. The smallest absolute Gasteiger partial charge is 0.245 e. The molecule has 0 N–H and O–H groups in total. The van der Waals surface area contributed by atoms with Gasteiger partial charge in [0.15, 0.2) is 11.2 Å². The lowest BCUT2D eigenvalue weighted by atomic mass is 10.1. The lowest BCUT2D eigenvalue weighted by molar-refractivity contribution is 0.182. The first kappa shape index (κ1) is 12.6. The SMILES string of the molecule is COc1ncnc2c1nc(CCl)n2CC1CCOC1. The normalized spacial score (nSPS) is 19.2. The minimum Gasteiger partial charge on any atom is -0.479 e. The molecule has 102 valence electrons. The fourth-order valence-corrected chi connectivity index (χ4v) is 2.59. The highest BCUT2D eigenvalue weighted by Crippen LogP contribution is 2.25. The van der Waals surface area contributed by atoms with Gasteiger partial charge in [-0.15, -0.1) is 11.6 Å². The summed E-state index contributed by atoms with van der Waals surface area (Å²) in [6, 6.07) is 0. The number of hydrogen-bond acceptors (Lipinski definition) is 5. The molecule has 0 saturated carbocycles. The monoisotopic (exact) mass is 282 g/mol. The Morgan fingerprint density at radius 3 is 3.11 bits per heavy atom. The molecule has 1 saturated heterocycles. The number of fused-ring (bicyclic) bond motifs is 1. The minimum absolute atomic E-state index is 0.340. The molecule has 0 bridgehead atoms. The van der Waals surface area contributed by atoms with E-state index in [0.29, 0.717) is 23.2 Å². The van der Waals surface area contributed by atoms with Crippen LogP contribution < -0.4 is 4.74 Å². The van der Waals surface area contributed by atoms with Crippen LogP contribution in [0.1, 0.15) is 12.2 Å². The molecule has 0 amide bonds. The van der Waals surface area contributed by atoms with Crippen molar-refractivity contribution in [1.82, 2.24) is 19.5 Å². The molecule has 7 heteroatoms. The summed E-state index contributed by atoms with van der Waals surface area (Å²) in [5.41, 5.74) is 1.44. The average Bonchev–Trinajstić information content (AvgIpc) is 3.07. The van der Waals surface area contributed by atoms with E-state index in [1.165, 1.54) is 6.33 Å². The van der Waals surface area contributed by atoms with Gasteiger partial charge in [0.2, 0.25) is 5.88 Å². The Kier molecular flexibility index (Phi) is 3.52. The summed E-state index contributed by atoms with van der Waals surface area (Å²) in [5.74, 6) is 2.10. The second-order valence-corrected chi connectivity index (χ2v) is 4.82. The van der Waals surface area contributed by atoms with Crippen LogP contribution in [0, 0.1) is 5.92 Å². The first-order valence-corrected chi connectivity index (χ1v) is 6.74. The Labute approximate surface area is 115 Å². The molecule has 0 aliphatic carbocycles. The molecule has 0 spiro atoms. The third kappa shape index (κ3) is 2.26. The number of aromatic nitrogens is 4. The zero-order valence-corrected chi connectivity index (χ0v) is 11.4. The fourth-order valence-electron chi connectivity index (χ4n) is 2.39. The summed E-state index contributed by atoms with van der Waals surface area (Å²) in [7, 11) is 1.58. The molecule has 3 rings (SSSR count). The van der Waals surface area contributed by atoms with Gasteiger partial charge in [0.05, 0.1) is 19.6 Å². The molecule has 2 aromatic heterocycles. The van der Waals surface area contributed by atoms with Crippen LogP contribution in [0.4, 0.5) is 0 Å². The maximum atomic E-state index is 5.98. The van der Waals surface area contributed by atoms with Crippen molar-refractivity contribution in [3.8, 4) is 5.88 Å². The highest BCUT2D eigenvalue weighted by atomic mass is 35.5. The average molecular weight is 283 g/mol. The lowest BCUT2D eigenvalue weighted by Crippen LogP contribution is -2.13. The molecule has 3 heterocycles. The number of alkyl halides is 1. The standard InChI is InChI=1S/C12H15ClN4O2/c1-18-12-10-11(14-7-15-12)17(9(4-13)16-10)5-8-2-3-19-6-8/h7-8H,2-6H2,1H3. The topological polar surface area (TPSA) is 62.1 Å². The van der Waals surface area contributed by atoms with Gasteiger partial charge in [-0.05, 0) is 6.42 Å². The summed E-state index contributed by atoms with van der Waals surface area (Å²) < 4.78 is 12.7. The predicted molar refractivity (Wildman–Crippen MR) is 70.4 cm³/mol. The molecular formula is C12H15ClN4O2. The van der Waals surface area contributed by atoms with Crippen molar-refractivity contribution in [3.63, 3.8) is 0 Å². The van der Waals surface area contributed by atoms with Gasteiger partial charge < -0.3 is 14.0 Å². The van der Waals surface area contributed by atoms with Gasteiger partial charge in [0, 0.05) is 19.1 Å². The Hall–Kier alpha value is -1.40. The minimum atomic E-state index is 0.340. The van der Waals surface area contributed by atoms with Crippen molar-refractivity contribution in [2.75, 3.05) is 20.3 Å². The molecule has 1 aliphatic heterocycles. The van der Waals surface area contributed by atoms with Gasteiger partial charge in [-0.25, -0.2) is 9.97 Å². The van der Waals surface area contributed by atoms with Crippen molar-refractivity contribution in [2.24, 2.45) is 5.92 Å². The van der Waals surface area contributed by atoms with Crippen LogP contribution in [0.5, 0.6) is 5.88 Å². The lowest BCUT2D eigenvalue weighted by Gasteiger charge is -2.11. The van der Waals surface area contributed by atoms with E-state index in [1.807, 2.05) is 4.57 Å². The summed E-state index contributed by atoms with van der Waals surface area (Å²) >= 11 is 5.98. The Morgan fingerprint density at radius 1 is 1.53 bits per heavy atom. The highest BCUT2D eigenvalue weighted by Gasteiger charge is 2.21. The maximum Gasteiger partial charge on any atom is 0.245 e. The van der Waals surface area contributed by atoms with Gasteiger partial charge in [-0.3, -0.25) is 0 Å². The zero-order chi connectivity index (χ0) is 13.2. The molecule has 2 aromatic rings. The van der Waals surface area contributed by atoms with Crippen LogP contribution in [0.2, 0.25) is 0 Å². The van der Waals surface area contributed by atoms with Crippen LogP contribution in [0.3, 0.4) is 0 Å². The van der Waals surface area contributed by atoms with E-state index in [2.05, 4.69) is 15.0 Å². The molecule has 1 atom stereocenters. The number of methoxy groups -OCH3 is 1. The fraction of sp³-hybridized carbons (Fsp3) is 0.583. The molecule has 1 aliphatic rings. The number of ether oxygens (including phenoxy) is 2. The predicted octanol–water partition coefficient (Wildman–Crippen LogP) is 1.61. The van der Waals surface area contributed by atoms with Gasteiger partial charge in [0.25, 0.3) is 0 Å². The van der Waals surface area contributed by atoms with E-state index < -0.39 is 0 Å². The molecule has 6 nitrogen and oxygen atoms in total. The number of hydrogen-bond donors (Lipinski definition) is 0. The number of imidazole rings is 1. The van der Waals surface area contributed by atoms with Gasteiger partial charge >= 0.3 is 0 Å². The molecule has 19 heavy (non-hydrogen) atoms. The van der Waals surface area contributed by atoms with E-state index in [9.17, 15) is 0 Å². The van der Waals surface area contributed by atoms with E-state index in [1.54, 1.807) is 7.11 Å². The van der Waals surface area contributed by atoms with Crippen molar-refractivity contribution >= 4 is 22.8 Å². The van der Waals surface area contributed by atoms with Crippen LogP contribution >= 0.6 is 11.6 Å². The van der Waals surface area contributed by atoms with E-state index in [0.717, 1.165) is 37.7 Å². The molecule has 0 aromatic carbocycles. The quantitative estimate of drug-likeness (QED) is 0.797. The molecule has 0 radical (unpaired) electrons. The molecular weight excluding hydrogens is 268 g/mol. The number of rotatable bonds is 4. The van der Waals surface area contributed by atoms with Gasteiger partial charge in [-0.1, -0.05) is 0 Å². The second-order valence-electron chi connectivity index (χ2n) is 4.56. The van der Waals surface area contributed by atoms with Crippen molar-refractivity contribution in [1.29, 1.82) is 0 Å². The van der Waals surface area contributed by atoms with Crippen molar-refractivity contribution < 1.29 is 9.47 Å². The molecule has 1 fully saturated rings. The zero-order valence-electron chi connectivity index (χ0n) is 10.7. The van der Waals surface area contributed by atoms with E-state index in [-0.39, 0.29) is 0 Å². The van der Waals surface area contributed by atoms with Crippen molar-refractivity contribution in [2.45, 2.75) is 18.8 Å². The second kappa shape index (κ2) is 5.30. The maximum absolute atomic E-state index is 5.98. The Balaban J connectivity index is 2.05. The van der Waals surface area contributed by atoms with E-state index >= 15 is 0 Å². The third-order valence-electron chi connectivity index (χ3n) is 3.36. The first-order chi connectivity index (χ1) is 9.33. The molecule has 1 unspecified atom stereocenters. The third-order valence-corrected chi connectivity index (χ3v) is 3.59. The Morgan fingerprint density at radius 2 is 2.42 bits per heavy atom. The first-order valence-electron chi connectivity index (χ1n) is 6.21. The van der Waals surface area contributed by atoms with Gasteiger partial charge in [0.1, 0.15) is 12.2 Å². The summed E-state index contributed by atoms with van der Waals surface area (Å²) in [6.07, 6.45) is 2.55. The van der Waals surface area contributed by atoms with Crippen LogP contribution in [0.25, 0.3) is 11.2 Å². The van der Waals surface area contributed by atoms with Crippen LogP contribution in [-0.2, 0) is 17.2 Å². The highest BCUT2D eigenvalue weighted by molar-refractivity contribution is 6.16. The van der Waals surface area contributed by atoms with Crippen LogP contribution in [-0.4, -0.2) is 39.8 Å². The summed E-state index contributed by atoms with van der Waals surface area (Å²) in [5, 5.41) is 0. The number of halogens is 1. The van der Waals surface area contributed by atoms with Crippen molar-refractivity contribution in [3.05, 3.63) is 12.2 Å².